The summed E-state index contributed by atoms with van der Waals surface area (Å²) in [6.07, 6.45) is 5.72. The van der Waals surface area contributed by atoms with Gasteiger partial charge in [-0.05, 0) is 44.3 Å². The minimum atomic E-state index is -0.382. The van der Waals surface area contributed by atoms with Gasteiger partial charge >= 0.3 is 5.97 Å². The van der Waals surface area contributed by atoms with Gasteiger partial charge < -0.3 is 19.5 Å². The fourth-order valence-electron chi connectivity index (χ4n) is 2.45. The second-order valence-electron chi connectivity index (χ2n) is 5.51. The largest absolute Gasteiger partial charge is 0.463 e. The highest BCUT2D eigenvalue weighted by molar-refractivity contribution is 5.74. The summed E-state index contributed by atoms with van der Waals surface area (Å²) in [7, 11) is 1.69. The molecular weight excluding hydrogens is 308 g/mol. The molecule has 0 spiro atoms. The van der Waals surface area contributed by atoms with E-state index < -0.39 is 0 Å². The topological polar surface area (TPSA) is 80.6 Å². The molecular formula is C18H28N2O4. The summed E-state index contributed by atoms with van der Waals surface area (Å²) in [5.74, 6) is -0.382. The van der Waals surface area contributed by atoms with Crippen LogP contribution >= 0.6 is 0 Å². The van der Waals surface area contributed by atoms with Crippen molar-refractivity contribution in [3.63, 3.8) is 0 Å². The third-order valence-electron chi connectivity index (χ3n) is 3.66. The standard InChI is InChI=1S/C18H28N2O4/c1-3-23-10-11-24-18(21)13-16(14-19)15-6-4-7-17(12-15)20-8-5-9-22-2/h12,20H,3-11,13H2,1-2H3/b16-15-. The molecule has 6 heteroatoms. The van der Waals surface area contributed by atoms with Gasteiger partial charge in [0.25, 0.3) is 0 Å². The first-order valence-corrected chi connectivity index (χ1v) is 8.50. The molecule has 0 radical (unpaired) electrons. The van der Waals surface area contributed by atoms with Crippen molar-refractivity contribution in [2.75, 3.05) is 40.1 Å². The van der Waals surface area contributed by atoms with Crippen LogP contribution < -0.4 is 5.32 Å². The first-order valence-electron chi connectivity index (χ1n) is 8.50. The van der Waals surface area contributed by atoms with Gasteiger partial charge in [0.05, 0.1) is 19.1 Å². The van der Waals surface area contributed by atoms with E-state index in [2.05, 4.69) is 11.4 Å². The molecule has 134 valence electrons. The van der Waals surface area contributed by atoms with Crippen LogP contribution in [0.15, 0.2) is 22.9 Å². The Hall–Kier alpha value is -1.84. The molecule has 1 aliphatic rings. The number of rotatable bonds is 11. The van der Waals surface area contributed by atoms with Crippen LogP contribution in [0, 0.1) is 11.3 Å². The SMILES string of the molecule is CCOCCOC(=O)C/C(C#N)=C1/C=C(NCCCOC)CCC1. The maximum atomic E-state index is 11.8. The van der Waals surface area contributed by atoms with Crippen LogP contribution in [0.5, 0.6) is 0 Å². The van der Waals surface area contributed by atoms with Gasteiger partial charge in [-0.2, -0.15) is 5.26 Å². The molecule has 1 rings (SSSR count). The van der Waals surface area contributed by atoms with Gasteiger partial charge in [0.15, 0.2) is 0 Å². The van der Waals surface area contributed by atoms with Gasteiger partial charge in [0.2, 0.25) is 0 Å². The number of hydrogen-bond donors (Lipinski definition) is 1. The third kappa shape index (κ3) is 8.14. The number of allylic oxidation sites excluding steroid dienone is 3. The van der Waals surface area contributed by atoms with Crippen molar-refractivity contribution < 1.29 is 19.0 Å². The Bertz CT molecular complexity index is 492. The zero-order chi connectivity index (χ0) is 17.6. The van der Waals surface area contributed by atoms with E-state index in [1.807, 2.05) is 13.0 Å². The Morgan fingerprint density at radius 1 is 1.33 bits per heavy atom. The Labute approximate surface area is 144 Å². The molecule has 0 bridgehead atoms. The quantitative estimate of drug-likeness (QED) is 0.355. The fraction of sp³-hybridized carbons (Fsp3) is 0.667. The van der Waals surface area contributed by atoms with Crippen LogP contribution in [-0.2, 0) is 19.0 Å². The normalized spacial score (nSPS) is 16.1. The third-order valence-corrected chi connectivity index (χ3v) is 3.66. The predicted octanol–water partition coefficient (Wildman–Crippen LogP) is 2.47. The van der Waals surface area contributed by atoms with E-state index >= 15 is 0 Å². The number of carbonyl (C=O) groups is 1. The molecule has 0 aromatic carbocycles. The van der Waals surface area contributed by atoms with Crippen molar-refractivity contribution in [1.82, 2.24) is 5.32 Å². The Morgan fingerprint density at radius 3 is 2.88 bits per heavy atom. The van der Waals surface area contributed by atoms with Crippen molar-refractivity contribution in [1.29, 1.82) is 5.26 Å². The number of esters is 1. The fourth-order valence-corrected chi connectivity index (χ4v) is 2.45. The Morgan fingerprint density at radius 2 is 2.17 bits per heavy atom. The minimum Gasteiger partial charge on any atom is -0.463 e. The smallest absolute Gasteiger partial charge is 0.311 e. The van der Waals surface area contributed by atoms with Crippen molar-refractivity contribution >= 4 is 5.97 Å². The number of carbonyl (C=O) groups excluding carboxylic acids is 1. The first kappa shape index (κ1) is 20.2. The lowest BCUT2D eigenvalue weighted by atomic mass is 9.94. The van der Waals surface area contributed by atoms with Crippen LogP contribution in [0.3, 0.4) is 0 Å². The lowest BCUT2D eigenvalue weighted by molar-refractivity contribution is -0.144. The van der Waals surface area contributed by atoms with Gasteiger partial charge in [-0.25, -0.2) is 0 Å². The van der Waals surface area contributed by atoms with E-state index in [4.69, 9.17) is 14.2 Å². The monoisotopic (exact) mass is 336 g/mol. The molecule has 0 atom stereocenters. The molecule has 1 aliphatic carbocycles. The zero-order valence-corrected chi connectivity index (χ0v) is 14.7. The molecule has 0 aromatic rings. The summed E-state index contributed by atoms with van der Waals surface area (Å²) >= 11 is 0. The minimum absolute atomic E-state index is 0.0193. The number of ether oxygens (including phenoxy) is 3. The van der Waals surface area contributed by atoms with Crippen LogP contribution in [0.4, 0.5) is 0 Å². The summed E-state index contributed by atoms with van der Waals surface area (Å²) < 4.78 is 15.2. The second kappa shape index (κ2) is 12.6. The van der Waals surface area contributed by atoms with Crippen molar-refractivity contribution in [2.45, 2.75) is 39.0 Å². The van der Waals surface area contributed by atoms with Gasteiger partial charge in [-0.15, -0.1) is 0 Å². The molecule has 0 fully saturated rings. The average molecular weight is 336 g/mol. The predicted molar refractivity (Wildman–Crippen MR) is 91.1 cm³/mol. The van der Waals surface area contributed by atoms with Gasteiger partial charge in [0.1, 0.15) is 6.61 Å². The number of hydrogen-bond acceptors (Lipinski definition) is 6. The summed E-state index contributed by atoms with van der Waals surface area (Å²) in [6, 6.07) is 2.16. The van der Waals surface area contributed by atoms with E-state index in [-0.39, 0.29) is 19.0 Å². The number of methoxy groups -OCH3 is 1. The molecule has 0 heterocycles. The Balaban J connectivity index is 2.56. The van der Waals surface area contributed by atoms with Crippen molar-refractivity contribution in [2.24, 2.45) is 0 Å². The van der Waals surface area contributed by atoms with E-state index in [1.54, 1.807) is 7.11 Å². The summed E-state index contributed by atoms with van der Waals surface area (Å²) in [4.78, 5) is 11.8. The highest BCUT2D eigenvalue weighted by atomic mass is 16.6. The summed E-state index contributed by atoms with van der Waals surface area (Å²) in [6.45, 7) is 4.65. The summed E-state index contributed by atoms with van der Waals surface area (Å²) in [5.41, 5.74) is 2.54. The maximum absolute atomic E-state index is 11.8. The van der Waals surface area contributed by atoms with Crippen LogP contribution in [-0.4, -0.2) is 46.1 Å². The zero-order valence-electron chi connectivity index (χ0n) is 14.7. The highest BCUT2D eigenvalue weighted by Crippen LogP contribution is 2.25. The lowest BCUT2D eigenvalue weighted by Crippen LogP contribution is -2.18. The molecule has 24 heavy (non-hydrogen) atoms. The second-order valence-corrected chi connectivity index (χ2v) is 5.51. The molecule has 0 amide bonds. The molecule has 1 N–H and O–H groups in total. The van der Waals surface area contributed by atoms with Crippen LogP contribution in [0.1, 0.15) is 39.0 Å². The van der Waals surface area contributed by atoms with Gasteiger partial charge in [0, 0.05) is 38.1 Å². The van der Waals surface area contributed by atoms with Crippen molar-refractivity contribution in [3.05, 3.63) is 22.9 Å². The van der Waals surface area contributed by atoms with E-state index in [0.717, 1.165) is 50.1 Å². The number of nitriles is 1. The van der Waals surface area contributed by atoms with E-state index in [0.29, 0.717) is 18.8 Å². The maximum Gasteiger partial charge on any atom is 0.311 e. The van der Waals surface area contributed by atoms with E-state index in [9.17, 15) is 10.1 Å². The first-order chi connectivity index (χ1) is 11.7. The van der Waals surface area contributed by atoms with Gasteiger partial charge in [-0.3, -0.25) is 4.79 Å². The van der Waals surface area contributed by atoms with E-state index in [1.165, 1.54) is 0 Å². The molecule has 6 nitrogen and oxygen atoms in total. The van der Waals surface area contributed by atoms with Gasteiger partial charge in [-0.1, -0.05) is 0 Å². The number of nitrogens with zero attached hydrogens (tertiary/aromatic N) is 1. The lowest BCUT2D eigenvalue weighted by Gasteiger charge is -2.18. The van der Waals surface area contributed by atoms with Crippen LogP contribution in [0.2, 0.25) is 0 Å². The Kier molecular flexibility index (Phi) is 10.6. The van der Waals surface area contributed by atoms with Crippen molar-refractivity contribution in [3.8, 4) is 6.07 Å². The molecule has 0 aliphatic heterocycles. The molecule has 0 unspecified atom stereocenters. The summed E-state index contributed by atoms with van der Waals surface area (Å²) in [5, 5.41) is 12.7. The molecule has 0 saturated carbocycles. The van der Waals surface area contributed by atoms with Crippen LogP contribution in [0.25, 0.3) is 0 Å². The molecule has 0 aromatic heterocycles. The number of nitrogens with one attached hydrogen (secondary N) is 1. The highest BCUT2D eigenvalue weighted by Gasteiger charge is 2.15. The average Bonchev–Trinajstić information content (AvgIpc) is 2.60. The molecule has 0 saturated heterocycles.